The number of pyridine rings is 1. The number of hydrogen-bond donors (Lipinski definition) is 1. The molecular formula is C12H14N2O3. The van der Waals surface area contributed by atoms with E-state index < -0.39 is 11.9 Å². The van der Waals surface area contributed by atoms with Crippen LogP contribution >= 0.6 is 0 Å². The van der Waals surface area contributed by atoms with Crippen molar-refractivity contribution in [2.75, 3.05) is 6.54 Å². The molecule has 0 bridgehead atoms. The highest BCUT2D eigenvalue weighted by Crippen LogP contribution is 2.28. The lowest BCUT2D eigenvalue weighted by atomic mass is 10.1. The van der Waals surface area contributed by atoms with Crippen molar-refractivity contribution in [2.24, 2.45) is 5.92 Å². The average Bonchev–Trinajstić information content (AvgIpc) is 2.72. The first-order chi connectivity index (χ1) is 8.09. The number of amides is 1. The predicted molar refractivity (Wildman–Crippen MR) is 60.1 cm³/mol. The number of carboxylic acid groups (broad SMARTS) is 1. The summed E-state index contributed by atoms with van der Waals surface area (Å²) in [4.78, 5) is 28.2. The van der Waals surface area contributed by atoms with Crippen molar-refractivity contribution in [3.63, 3.8) is 0 Å². The minimum Gasteiger partial charge on any atom is -0.481 e. The highest BCUT2D eigenvalue weighted by Gasteiger charge is 2.36. The maximum Gasteiger partial charge on any atom is 0.308 e. The maximum atomic E-state index is 11.8. The Morgan fingerprint density at radius 3 is 2.71 bits per heavy atom. The number of hydrogen-bond acceptors (Lipinski definition) is 3. The third-order valence-corrected chi connectivity index (χ3v) is 3.16. The highest BCUT2D eigenvalue weighted by molar-refractivity contribution is 5.86. The fraction of sp³-hybridized carbons (Fsp3) is 0.417. The fourth-order valence-electron chi connectivity index (χ4n) is 2.09. The van der Waals surface area contributed by atoms with Crippen LogP contribution in [0.15, 0.2) is 24.5 Å². The second kappa shape index (κ2) is 4.53. The monoisotopic (exact) mass is 234 g/mol. The van der Waals surface area contributed by atoms with Crippen LogP contribution in [0.3, 0.4) is 0 Å². The molecule has 5 nitrogen and oxygen atoms in total. The molecular weight excluding hydrogens is 220 g/mol. The van der Waals surface area contributed by atoms with Crippen molar-refractivity contribution in [3.05, 3.63) is 30.1 Å². The molecule has 1 fully saturated rings. The van der Waals surface area contributed by atoms with Crippen molar-refractivity contribution in [2.45, 2.75) is 19.4 Å². The Morgan fingerprint density at radius 2 is 2.18 bits per heavy atom. The first-order valence-corrected chi connectivity index (χ1v) is 5.52. The zero-order chi connectivity index (χ0) is 12.4. The van der Waals surface area contributed by atoms with Crippen molar-refractivity contribution >= 4 is 11.9 Å². The number of aromatic nitrogens is 1. The Balaban J connectivity index is 2.14. The van der Waals surface area contributed by atoms with Gasteiger partial charge in [0, 0.05) is 25.4 Å². The second-order valence-electron chi connectivity index (χ2n) is 4.24. The Morgan fingerprint density at radius 1 is 1.53 bits per heavy atom. The molecule has 2 atom stereocenters. The normalized spacial score (nSPS) is 21.6. The molecule has 0 radical (unpaired) electrons. The van der Waals surface area contributed by atoms with E-state index in [9.17, 15) is 9.59 Å². The minimum atomic E-state index is -0.900. The van der Waals surface area contributed by atoms with E-state index in [-0.39, 0.29) is 24.9 Å². The van der Waals surface area contributed by atoms with Crippen LogP contribution in [-0.2, 0) is 9.59 Å². The smallest absolute Gasteiger partial charge is 0.308 e. The third kappa shape index (κ3) is 2.27. The number of carbonyl (C=O) groups is 2. The van der Waals surface area contributed by atoms with E-state index in [0.29, 0.717) is 0 Å². The molecule has 5 heteroatoms. The lowest BCUT2D eigenvalue weighted by molar-refractivity contribution is -0.141. The lowest BCUT2D eigenvalue weighted by Gasteiger charge is -2.24. The molecule has 1 aromatic heterocycles. The summed E-state index contributed by atoms with van der Waals surface area (Å²) in [6, 6.07) is 3.58. The van der Waals surface area contributed by atoms with Gasteiger partial charge in [0.1, 0.15) is 0 Å². The largest absolute Gasteiger partial charge is 0.481 e. The summed E-state index contributed by atoms with van der Waals surface area (Å²) in [5.41, 5.74) is 0.972. The first-order valence-electron chi connectivity index (χ1n) is 5.52. The van der Waals surface area contributed by atoms with Gasteiger partial charge in [-0.3, -0.25) is 14.6 Å². The van der Waals surface area contributed by atoms with E-state index in [1.54, 1.807) is 17.3 Å². The van der Waals surface area contributed by atoms with E-state index in [1.165, 1.54) is 0 Å². The molecule has 1 saturated heterocycles. The zero-order valence-electron chi connectivity index (χ0n) is 9.54. The molecule has 17 heavy (non-hydrogen) atoms. The molecule has 1 aliphatic heterocycles. The summed E-state index contributed by atoms with van der Waals surface area (Å²) in [6.07, 6.45) is 3.44. The maximum absolute atomic E-state index is 11.8. The number of likely N-dealkylation sites (tertiary alicyclic amines) is 1. The molecule has 2 rings (SSSR count). The summed E-state index contributed by atoms with van der Waals surface area (Å²) < 4.78 is 0. The zero-order valence-corrected chi connectivity index (χ0v) is 9.54. The molecule has 1 amide bonds. The number of carbonyl (C=O) groups excluding carboxylic acids is 1. The van der Waals surface area contributed by atoms with Gasteiger partial charge in [0.25, 0.3) is 0 Å². The van der Waals surface area contributed by atoms with Crippen molar-refractivity contribution in [3.8, 4) is 0 Å². The van der Waals surface area contributed by atoms with Crippen LogP contribution in [0.25, 0.3) is 0 Å². The standard InChI is InChI=1S/C12H14N2O3/c1-8(9-2-4-13-5-3-9)14-7-10(12(16)17)6-11(14)15/h2-5,8,10H,6-7H2,1H3,(H,16,17)/t8-,10-/m0/s1. The molecule has 0 aromatic carbocycles. The molecule has 90 valence electrons. The molecule has 0 aliphatic carbocycles. The number of carboxylic acids is 1. The first kappa shape index (κ1) is 11.6. The van der Waals surface area contributed by atoms with Crippen molar-refractivity contribution in [1.29, 1.82) is 0 Å². The lowest BCUT2D eigenvalue weighted by Crippen LogP contribution is -2.29. The highest BCUT2D eigenvalue weighted by atomic mass is 16.4. The van der Waals surface area contributed by atoms with Gasteiger partial charge in [-0.1, -0.05) is 0 Å². The minimum absolute atomic E-state index is 0.0956. The van der Waals surface area contributed by atoms with E-state index in [1.807, 2.05) is 19.1 Å². The van der Waals surface area contributed by atoms with Gasteiger partial charge in [0.15, 0.2) is 0 Å². The summed E-state index contributed by atoms with van der Waals surface area (Å²) >= 11 is 0. The number of rotatable bonds is 3. The Bertz CT molecular complexity index is 433. The summed E-state index contributed by atoms with van der Waals surface area (Å²) in [5, 5.41) is 8.91. The van der Waals surface area contributed by atoms with E-state index in [2.05, 4.69) is 4.98 Å². The van der Waals surface area contributed by atoms with E-state index in [0.717, 1.165) is 5.56 Å². The topological polar surface area (TPSA) is 70.5 Å². The molecule has 0 unspecified atom stereocenters. The molecule has 0 saturated carbocycles. The molecule has 0 spiro atoms. The van der Waals surface area contributed by atoms with Crippen LogP contribution in [0.2, 0.25) is 0 Å². The number of aliphatic carboxylic acids is 1. The van der Waals surface area contributed by atoms with Crippen molar-refractivity contribution in [1.82, 2.24) is 9.88 Å². The van der Waals surface area contributed by atoms with Crippen LogP contribution in [-0.4, -0.2) is 33.4 Å². The van der Waals surface area contributed by atoms with Gasteiger partial charge in [-0.15, -0.1) is 0 Å². The van der Waals surface area contributed by atoms with Crippen LogP contribution < -0.4 is 0 Å². The van der Waals surface area contributed by atoms with E-state index >= 15 is 0 Å². The predicted octanol–water partition coefficient (Wildman–Crippen LogP) is 1.08. The molecule has 2 heterocycles. The molecule has 1 aliphatic rings. The Kier molecular flexibility index (Phi) is 3.08. The van der Waals surface area contributed by atoms with E-state index in [4.69, 9.17) is 5.11 Å². The van der Waals surface area contributed by atoms with Crippen LogP contribution in [0.5, 0.6) is 0 Å². The number of nitrogens with zero attached hydrogens (tertiary/aromatic N) is 2. The van der Waals surface area contributed by atoms with Crippen LogP contribution in [0.4, 0.5) is 0 Å². The van der Waals surface area contributed by atoms with Gasteiger partial charge in [0.2, 0.25) is 5.91 Å². The van der Waals surface area contributed by atoms with Gasteiger partial charge in [-0.05, 0) is 24.6 Å². The second-order valence-corrected chi connectivity index (χ2v) is 4.24. The fourth-order valence-corrected chi connectivity index (χ4v) is 2.09. The quantitative estimate of drug-likeness (QED) is 0.849. The van der Waals surface area contributed by atoms with Crippen molar-refractivity contribution < 1.29 is 14.7 Å². The van der Waals surface area contributed by atoms with Gasteiger partial charge in [-0.25, -0.2) is 0 Å². The average molecular weight is 234 g/mol. The summed E-state index contributed by atoms with van der Waals surface area (Å²) in [7, 11) is 0. The molecule has 1 N–H and O–H groups in total. The van der Waals surface area contributed by atoms with Gasteiger partial charge in [-0.2, -0.15) is 0 Å². The van der Waals surface area contributed by atoms with Crippen LogP contribution in [0, 0.1) is 5.92 Å². The third-order valence-electron chi connectivity index (χ3n) is 3.16. The SMILES string of the molecule is C[C@@H](c1ccncc1)N1C[C@@H](C(=O)O)CC1=O. The summed E-state index contributed by atoms with van der Waals surface area (Å²) in [5.74, 6) is -1.57. The molecule has 1 aromatic rings. The Hall–Kier alpha value is -1.91. The van der Waals surface area contributed by atoms with Crippen LogP contribution in [0.1, 0.15) is 24.9 Å². The van der Waals surface area contributed by atoms with Gasteiger partial charge in [0.05, 0.1) is 12.0 Å². The van der Waals surface area contributed by atoms with Gasteiger partial charge >= 0.3 is 5.97 Å². The van der Waals surface area contributed by atoms with Gasteiger partial charge < -0.3 is 10.0 Å². The summed E-state index contributed by atoms with van der Waals surface area (Å²) in [6.45, 7) is 2.19. The Labute approximate surface area is 99.1 Å².